The smallest absolute Gasteiger partial charge is 0.223 e. The molecule has 1 amide bonds. The first-order valence-corrected chi connectivity index (χ1v) is 7.72. The van der Waals surface area contributed by atoms with Gasteiger partial charge < -0.3 is 14.5 Å². The second-order valence-electron chi connectivity index (χ2n) is 5.27. The van der Waals surface area contributed by atoms with Crippen LogP contribution in [0.2, 0.25) is 0 Å². The lowest BCUT2D eigenvalue weighted by atomic mass is 10.1. The van der Waals surface area contributed by atoms with Gasteiger partial charge in [-0.15, -0.1) is 0 Å². The van der Waals surface area contributed by atoms with Crippen molar-refractivity contribution in [1.29, 1.82) is 0 Å². The monoisotopic (exact) mass is 309 g/mol. The van der Waals surface area contributed by atoms with Crippen LogP contribution in [0.3, 0.4) is 0 Å². The van der Waals surface area contributed by atoms with Crippen molar-refractivity contribution >= 4 is 16.9 Å². The Bertz CT molecular complexity index is 764. The number of ether oxygens (including phenoxy) is 1. The molecule has 0 aliphatic rings. The molecule has 118 valence electrons. The van der Waals surface area contributed by atoms with E-state index in [0.717, 1.165) is 28.7 Å². The second-order valence-corrected chi connectivity index (χ2v) is 5.27. The zero-order valence-corrected chi connectivity index (χ0v) is 12.8. The second kappa shape index (κ2) is 7.49. The van der Waals surface area contributed by atoms with Crippen LogP contribution in [0, 0.1) is 0 Å². The van der Waals surface area contributed by atoms with E-state index in [0.29, 0.717) is 19.6 Å². The maximum atomic E-state index is 11.8. The first kappa shape index (κ1) is 15.2. The Balaban J connectivity index is 1.39. The molecule has 3 rings (SSSR count). The summed E-state index contributed by atoms with van der Waals surface area (Å²) >= 11 is 0. The number of para-hydroxylation sites is 2. The van der Waals surface area contributed by atoms with Crippen molar-refractivity contribution in [2.75, 3.05) is 13.2 Å². The van der Waals surface area contributed by atoms with Crippen LogP contribution >= 0.6 is 0 Å². The minimum atomic E-state index is -0.00580. The van der Waals surface area contributed by atoms with Crippen LogP contribution in [0.1, 0.15) is 12.0 Å². The van der Waals surface area contributed by atoms with E-state index in [9.17, 15) is 4.79 Å². The predicted molar refractivity (Wildman–Crippen MR) is 89.5 cm³/mol. The van der Waals surface area contributed by atoms with E-state index >= 15 is 0 Å². The van der Waals surface area contributed by atoms with Crippen LogP contribution in [0.15, 0.2) is 65.3 Å². The van der Waals surface area contributed by atoms with Gasteiger partial charge in [0.05, 0.1) is 19.3 Å². The van der Waals surface area contributed by atoms with Crippen molar-refractivity contribution in [3.8, 4) is 5.75 Å². The summed E-state index contributed by atoms with van der Waals surface area (Å²) in [6.45, 7) is 0.970. The number of amides is 1. The van der Waals surface area contributed by atoms with Gasteiger partial charge in [0.25, 0.3) is 0 Å². The zero-order chi connectivity index (χ0) is 15.9. The quantitative estimate of drug-likeness (QED) is 0.726. The van der Waals surface area contributed by atoms with Gasteiger partial charge in [-0.05, 0) is 30.2 Å². The van der Waals surface area contributed by atoms with E-state index in [1.54, 1.807) is 6.26 Å². The van der Waals surface area contributed by atoms with Crippen molar-refractivity contribution in [2.45, 2.75) is 12.8 Å². The Morgan fingerprint density at radius 1 is 1.04 bits per heavy atom. The summed E-state index contributed by atoms with van der Waals surface area (Å²) < 4.78 is 11.0. The summed E-state index contributed by atoms with van der Waals surface area (Å²) in [5, 5.41) is 4.02. The average molecular weight is 309 g/mol. The summed E-state index contributed by atoms with van der Waals surface area (Å²) in [7, 11) is 0. The number of furan rings is 1. The van der Waals surface area contributed by atoms with Crippen molar-refractivity contribution < 1.29 is 13.9 Å². The zero-order valence-electron chi connectivity index (χ0n) is 12.8. The Morgan fingerprint density at radius 3 is 2.70 bits per heavy atom. The first-order valence-electron chi connectivity index (χ1n) is 7.72. The van der Waals surface area contributed by atoms with Gasteiger partial charge in [0.1, 0.15) is 11.3 Å². The molecule has 0 saturated heterocycles. The fourth-order valence-corrected chi connectivity index (χ4v) is 2.43. The maximum absolute atomic E-state index is 11.8. The van der Waals surface area contributed by atoms with Gasteiger partial charge in [-0.2, -0.15) is 0 Å². The van der Waals surface area contributed by atoms with Crippen LogP contribution in [-0.2, 0) is 11.2 Å². The van der Waals surface area contributed by atoms with E-state index in [4.69, 9.17) is 9.15 Å². The molecule has 0 bridgehead atoms. The largest absolute Gasteiger partial charge is 0.493 e. The van der Waals surface area contributed by atoms with Crippen LogP contribution in [0.25, 0.3) is 11.0 Å². The number of fused-ring (bicyclic) bond motifs is 1. The highest BCUT2D eigenvalue weighted by Crippen LogP contribution is 2.20. The number of nitrogens with one attached hydrogen (secondary N) is 1. The number of hydrogen-bond donors (Lipinski definition) is 1. The van der Waals surface area contributed by atoms with Gasteiger partial charge in [0.15, 0.2) is 0 Å². The highest BCUT2D eigenvalue weighted by Gasteiger charge is 2.06. The molecule has 4 heteroatoms. The van der Waals surface area contributed by atoms with Gasteiger partial charge >= 0.3 is 0 Å². The van der Waals surface area contributed by atoms with Crippen LogP contribution in [-0.4, -0.2) is 19.1 Å². The molecule has 1 N–H and O–H groups in total. The highest BCUT2D eigenvalue weighted by molar-refractivity contribution is 5.81. The molecule has 0 aliphatic heterocycles. The van der Waals surface area contributed by atoms with E-state index in [-0.39, 0.29) is 5.91 Å². The Kier molecular flexibility index (Phi) is 4.94. The Hall–Kier alpha value is -2.75. The van der Waals surface area contributed by atoms with Crippen LogP contribution in [0.4, 0.5) is 0 Å². The molecule has 0 atom stereocenters. The van der Waals surface area contributed by atoms with Crippen LogP contribution in [0.5, 0.6) is 5.75 Å². The lowest BCUT2D eigenvalue weighted by Crippen LogP contribution is -2.26. The highest BCUT2D eigenvalue weighted by atomic mass is 16.5. The van der Waals surface area contributed by atoms with Crippen molar-refractivity contribution in [3.05, 3.63) is 66.4 Å². The van der Waals surface area contributed by atoms with Crippen LogP contribution < -0.4 is 10.1 Å². The van der Waals surface area contributed by atoms with E-state index in [1.165, 1.54) is 0 Å². The SMILES string of the molecule is O=C(CCOc1ccccc1)NCCc1coc2ccccc12. The Labute approximate surface area is 135 Å². The lowest BCUT2D eigenvalue weighted by Gasteiger charge is -2.07. The van der Waals surface area contributed by atoms with E-state index in [1.807, 2.05) is 54.6 Å². The summed E-state index contributed by atoms with van der Waals surface area (Å²) in [5.74, 6) is 0.777. The normalized spacial score (nSPS) is 10.6. The van der Waals surface area contributed by atoms with Crippen molar-refractivity contribution in [1.82, 2.24) is 5.32 Å². The summed E-state index contributed by atoms with van der Waals surface area (Å²) in [4.78, 5) is 11.8. The number of carbonyl (C=O) groups is 1. The summed E-state index contributed by atoms with van der Waals surface area (Å²) in [5.41, 5.74) is 1.99. The predicted octanol–water partition coefficient (Wildman–Crippen LogP) is 3.56. The molecule has 23 heavy (non-hydrogen) atoms. The molecule has 2 aromatic carbocycles. The third kappa shape index (κ3) is 4.13. The number of carbonyl (C=O) groups excluding carboxylic acids is 1. The lowest BCUT2D eigenvalue weighted by molar-refractivity contribution is -0.121. The molecule has 0 fully saturated rings. The van der Waals surface area contributed by atoms with Crippen molar-refractivity contribution in [3.63, 3.8) is 0 Å². The standard InChI is InChI=1S/C19H19NO3/c21-19(11-13-22-16-6-2-1-3-7-16)20-12-10-15-14-23-18-9-5-4-8-17(15)18/h1-9,14H,10-13H2,(H,20,21). The molecule has 3 aromatic rings. The number of benzene rings is 2. The number of rotatable bonds is 7. The molecular formula is C19H19NO3. The minimum absolute atomic E-state index is 0.00580. The average Bonchev–Trinajstić information content (AvgIpc) is 2.99. The summed E-state index contributed by atoms with van der Waals surface area (Å²) in [6, 6.07) is 17.4. The molecule has 1 heterocycles. The molecule has 0 saturated carbocycles. The third-order valence-electron chi connectivity index (χ3n) is 3.62. The number of hydrogen-bond acceptors (Lipinski definition) is 3. The Morgan fingerprint density at radius 2 is 1.83 bits per heavy atom. The molecule has 4 nitrogen and oxygen atoms in total. The van der Waals surface area contributed by atoms with Gasteiger partial charge in [0, 0.05) is 11.9 Å². The molecule has 0 aliphatic carbocycles. The molecule has 0 unspecified atom stereocenters. The molecular weight excluding hydrogens is 290 g/mol. The van der Waals surface area contributed by atoms with Crippen molar-refractivity contribution in [2.24, 2.45) is 0 Å². The molecule has 0 spiro atoms. The molecule has 0 radical (unpaired) electrons. The topological polar surface area (TPSA) is 51.5 Å². The minimum Gasteiger partial charge on any atom is -0.493 e. The third-order valence-corrected chi connectivity index (χ3v) is 3.62. The van der Waals surface area contributed by atoms with Gasteiger partial charge in [0.2, 0.25) is 5.91 Å². The first-order chi connectivity index (χ1) is 11.3. The summed E-state index contributed by atoms with van der Waals surface area (Å²) in [6.07, 6.45) is 2.86. The fourth-order valence-electron chi connectivity index (χ4n) is 2.43. The maximum Gasteiger partial charge on any atom is 0.223 e. The van der Waals surface area contributed by atoms with Gasteiger partial charge in [-0.3, -0.25) is 4.79 Å². The van der Waals surface area contributed by atoms with E-state index < -0.39 is 0 Å². The fraction of sp³-hybridized carbons (Fsp3) is 0.211. The van der Waals surface area contributed by atoms with Gasteiger partial charge in [-0.25, -0.2) is 0 Å². The molecule has 1 aromatic heterocycles. The van der Waals surface area contributed by atoms with E-state index in [2.05, 4.69) is 5.32 Å². The van der Waals surface area contributed by atoms with Gasteiger partial charge in [-0.1, -0.05) is 36.4 Å².